The second-order valence-electron chi connectivity index (χ2n) is 10.2. The first-order valence-corrected chi connectivity index (χ1v) is 12.6. The van der Waals surface area contributed by atoms with E-state index in [4.69, 9.17) is 14.2 Å². The largest absolute Gasteiger partial charge is 0.497 e. The summed E-state index contributed by atoms with van der Waals surface area (Å²) in [6, 6.07) is 8.18. The first-order valence-electron chi connectivity index (χ1n) is 12.6. The average molecular weight is 543 g/mol. The van der Waals surface area contributed by atoms with E-state index in [1.807, 2.05) is 0 Å². The second kappa shape index (κ2) is 11.3. The monoisotopic (exact) mass is 542 g/mol. The molecule has 1 saturated heterocycles. The van der Waals surface area contributed by atoms with Gasteiger partial charge in [-0.2, -0.15) is 5.10 Å². The van der Waals surface area contributed by atoms with Crippen molar-refractivity contribution in [1.82, 2.24) is 14.7 Å². The van der Waals surface area contributed by atoms with Gasteiger partial charge in [-0.1, -0.05) is 0 Å². The zero-order valence-electron chi connectivity index (χ0n) is 22.6. The fourth-order valence-electron chi connectivity index (χ4n) is 4.53. The molecule has 0 saturated carbocycles. The Morgan fingerprint density at radius 1 is 1.03 bits per heavy atom. The van der Waals surface area contributed by atoms with Crippen LogP contribution in [0.3, 0.4) is 0 Å². The highest BCUT2D eigenvalue weighted by Crippen LogP contribution is 2.35. The smallest absolute Gasteiger partial charge is 0.410 e. The Balaban J connectivity index is 1.68. The standard InChI is InChI=1S/C28H32F2N4O5/c1-28(2,3)39-27(36)33-12-10-17(11-13-33)25-20(16-31-34(25)23-8-6-18(29)14-21(23)30)26(35)32-22-15-19(37-4)7-9-24(22)38-5/h6-9,14-17H,10-13H2,1-5H3,(H,32,35). The lowest BCUT2D eigenvalue weighted by molar-refractivity contribution is 0.0203. The van der Waals surface area contributed by atoms with Crippen LogP contribution >= 0.6 is 0 Å². The number of amides is 2. The van der Waals surface area contributed by atoms with Crippen molar-refractivity contribution in [1.29, 1.82) is 0 Å². The highest BCUT2D eigenvalue weighted by Gasteiger charge is 2.33. The Bertz CT molecular complexity index is 1360. The van der Waals surface area contributed by atoms with Crippen LogP contribution in [0.4, 0.5) is 19.3 Å². The maximum Gasteiger partial charge on any atom is 0.410 e. The van der Waals surface area contributed by atoms with Crippen LogP contribution < -0.4 is 14.8 Å². The van der Waals surface area contributed by atoms with Crippen molar-refractivity contribution in [3.8, 4) is 17.2 Å². The van der Waals surface area contributed by atoms with Crippen LogP contribution in [0.2, 0.25) is 0 Å². The first kappa shape index (κ1) is 27.9. The molecule has 0 aliphatic carbocycles. The maximum absolute atomic E-state index is 14.8. The third-order valence-electron chi connectivity index (χ3n) is 6.38. The number of rotatable bonds is 6. The van der Waals surface area contributed by atoms with E-state index in [1.165, 1.54) is 31.2 Å². The number of nitrogens with one attached hydrogen (secondary N) is 1. The normalized spacial score (nSPS) is 14.2. The van der Waals surface area contributed by atoms with Gasteiger partial charge in [0.15, 0.2) is 5.82 Å². The highest BCUT2D eigenvalue weighted by atomic mass is 19.1. The van der Waals surface area contributed by atoms with E-state index in [-0.39, 0.29) is 17.2 Å². The zero-order valence-corrected chi connectivity index (χ0v) is 22.6. The molecule has 0 radical (unpaired) electrons. The summed E-state index contributed by atoms with van der Waals surface area (Å²) in [5.74, 6) is -1.33. The van der Waals surface area contributed by atoms with Gasteiger partial charge < -0.3 is 24.4 Å². The number of hydrogen-bond acceptors (Lipinski definition) is 6. The molecule has 2 aromatic carbocycles. The van der Waals surface area contributed by atoms with Crippen LogP contribution in [0.1, 0.15) is 55.6 Å². The lowest BCUT2D eigenvalue weighted by atomic mass is 9.90. The Labute approximate surface area is 225 Å². The van der Waals surface area contributed by atoms with Crippen LogP contribution in [0.15, 0.2) is 42.6 Å². The Morgan fingerprint density at radius 2 is 1.74 bits per heavy atom. The molecule has 0 unspecified atom stereocenters. The molecule has 39 heavy (non-hydrogen) atoms. The number of anilines is 1. The number of carbonyl (C=O) groups is 2. The summed E-state index contributed by atoms with van der Waals surface area (Å²) in [5, 5.41) is 7.16. The molecule has 0 atom stereocenters. The fraction of sp³-hybridized carbons (Fsp3) is 0.393. The molecule has 1 N–H and O–H groups in total. The number of likely N-dealkylation sites (tertiary alicyclic amines) is 1. The molecular formula is C28H32F2N4O5. The Kier molecular flexibility index (Phi) is 8.08. The van der Waals surface area contributed by atoms with Crippen LogP contribution in [0.25, 0.3) is 5.69 Å². The number of piperidine rings is 1. The fourth-order valence-corrected chi connectivity index (χ4v) is 4.53. The molecule has 0 spiro atoms. The molecule has 1 aromatic heterocycles. The van der Waals surface area contributed by atoms with E-state index < -0.39 is 29.2 Å². The Hall–Kier alpha value is -4.15. The predicted octanol–water partition coefficient (Wildman–Crippen LogP) is 5.53. The van der Waals surface area contributed by atoms with Crippen molar-refractivity contribution in [2.24, 2.45) is 0 Å². The number of halogens is 2. The van der Waals surface area contributed by atoms with E-state index in [1.54, 1.807) is 43.9 Å². The van der Waals surface area contributed by atoms with Crippen molar-refractivity contribution < 1.29 is 32.6 Å². The van der Waals surface area contributed by atoms with E-state index in [2.05, 4.69) is 10.4 Å². The number of methoxy groups -OCH3 is 2. The Morgan fingerprint density at radius 3 is 2.36 bits per heavy atom. The first-order chi connectivity index (χ1) is 18.5. The molecule has 0 bridgehead atoms. The van der Waals surface area contributed by atoms with Crippen LogP contribution in [-0.2, 0) is 4.74 Å². The number of aromatic nitrogens is 2. The van der Waals surface area contributed by atoms with Gasteiger partial charge in [-0.05, 0) is 57.9 Å². The summed E-state index contributed by atoms with van der Waals surface area (Å²) < 4.78 is 46.0. The third-order valence-corrected chi connectivity index (χ3v) is 6.38. The lowest BCUT2D eigenvalue weighted by Gasteiger charge is -2.34. The molecule has 1 aliphatic rings. The zero-order chi connectivity index (χ0) is 28.3. The molecule has 9 nitrogen and oxygen atoms in total. The van der Waals surface area contributed by atoms with Gasteiger partial charge in [-0.15, -0.1) is 0 Å². The van der Waals surface area contributed by atoms with Crippen molar-refractivity contribution >= 4 is 17.7 Å². The summed E-state index contributed by atoms with van der Waals surface area (Å²) in [5.41, 5.74) is 0.453. The SMILES string of the molecule is COc1ccc(OC)c(NC(=O)c2cnn(-c3ccc(F)cc3F)c2C2CCN(C(=O)OC(C)(C)C)CC2)c1. The number of carbonyl (C=O) groups excluding carboxylic acids is 2. The molecule has 208 valence electrons. The van der Waals surface area contributed by atoms with E-state index in [0.717, 1.165) is 12.1 Å². The highest BCUT2D eigenvalue weighted by molar-refractivity contribution is 6.06. The topological polar surface area (TPSA) is 94.9 Å². The predicted molar refractivity (Wildman–Crippen MR) is 141 cm³/mol. The average Bonchev–Trinajstić information content (AvgIpc) is 3.32. The number of benzene rings is 2. The van der Waals surface area contributed by atoms with Crippen molar-refractivity contribution in [3.05, 3.63) is 65.5 Å². The van der Waals surface area contributed by atoms with E-state index in [9.17, 15) is 18.4 Å². The van der Waals surface area contributed by atoms with Crippen molar-refractivity contribution in [2.75, 3.05) is 32.6 Å². The molecule has 11 heteroatoms. The van der Waals surface area contributed by atoms with Gasteiger partial charge in [0.25, 0.3) is 5.91 Å². The molecule has 2 heterocycles. The van der Waals surface area contributed by atoms with Gasteiger partial charge in [-0.3, -0.25) is 4.79 Å². The van der Waals surface area contributed by atoms with Crippen LogP contribution in [0.5, 0.6) is 11.5 Å². The quantitative estimate of drug-likeness (QED) is 0.440. The maximum atomic E-state index is 14.8. The van der Waals surface area contributed by atoms with Gasteiger partial charge in [-0.25, -0.2) is 18.3 Å². The molecule has 1 aliphatic heterocycles. The second-order valence-corrected chi connectivity index (χ2v) is 10.2. The van der Waals surface area contributed by atoms with Gasteiger partial charge >= 0.3 is 6.09 Å². The lowest BCUT2D eigenvalue weighted by Crippen LogP contribution is -2.41. The summed E-state index contributed by atoms with van der Waals surface area (Å²) >= 11 is 0. The van der Waals surface area contributed by atoms with Gasteiger partial charge in [0.1, 0.15) is 28.6 Å². The van der Waals surface area contributed by atoms with Gasteiger partial charge in [0.05, 0.1) is 37.4 Å². The summed E-state index contributed by atoms with van der Waals surface area (Å²) in [6.45, 7) is 6.16. The van der Waals surface area contributed by atoms with Gasteiger partial charge in [0, 0.05) is 31.1 Å². The van der Waals surface area contributed by atoms with Crippen molar-refractivity contribution in [3.63, 3.8) is 0 Å². The van der Waals surface area contributed by atoms with E-state index >= 15 is 0 Å². The minimum atomic E-state index is -0.813. The molecule has 1 fully saturated rings. The van der Waals surface area contributed by atoms with Crippen LogP contribution in [0, 0.1) is 11.6 Å². The summed E-state index contributed by atoms with van der Waals surface area (Å²) in [7, 11) is 2.99. The number of nitrogens with zero attached hydrogens (tertiary/aromatic N) is 3. The van der Waals surface area contributed by atoms with Crippen molar-refractivity contribution in [2.45, 2.75) is 45.1 Å². The molecular weight excluding hydrogens is 510 g/mol. The molecule has 2 amide bonds. The van der Waals surface area contributed by atoms with E-state index in [0.29, 0.717) is 48.8 Å². The molecule has 4 rings (SSSR count). The summed E-state index contributed by atoms with van der Waals surface area (Å²) in [6.07, 6.45) is 1.91. The van der Waals surface area contributed by atoms with Gasteiger partial charge in [0.2, 0.25) is 0 Å². The minimum Gasteiger partial charge on any atom is -0.497 e. The number of hydrogen-bond donors (Lipinski definition) is 1. The summed E-state index contributed by atoms with van der Waals surface area (Å²) in [4.78, 5) is 27.7. The van der Waals surface area contributed by atoms with Crippen LogP contribution in [-0.4, -0.2) is 59.6 Å². The molecule has 3 aromatic rings. The third kappa shape index (κ3) is 6.30. The minimum absolute atomic E-state index is 0.0129. The number of ether oxygens (including phenoxy) is 3.